The lowest BCUT2D eigenvalue weighted by Crippen LogP contribution is -2.45. The maximum absolute atomic E-state index is 9.33. The summed E-state index contributed by atoms with van der Waals surface area (Å²) in [7, 11) is 0. The van der Waals surface area contributed by atoms with Crippen LogP contribution in [-0.2, 0) is 4.74 Å². The number of ether oxygens (including phenoxy) is 1. The van der Waals surface area contributed by atoms with Gasteiger partial charge in [-0.25, -0.2) is 0 Å². The van der Waals surface area contributed by atoms with Gasteiger partial charge in [-0.2, -0.15) is 0 Å². The molecule has 118 valence electrons. The van der Waals surface area contributed by atoms with Crippen LogP contribution in [0.1, 0.15) is 32.6 Å². The zero-order chi connectivity index (χ0) is 14.4. The van der Waals surface area contributed by atoms with Gasteiger partial charge in [0.2, 0.25) is 0 Å². The quantitative estimate of drug-likeness (QED) is 0.703. The minimum Gasteiger partial charge on any atom is -0.394 e. The number of likely N-dealkylation sites (tertiary alicyclic amines) is 1. The molecule has 2 heterocycles. The van der Waals surface area contributed by atoms with Crippen LogP contribution in [-0.4, -0.2) is 79.0 Å². The van der Waals surface area contributed by atoms with E-state index in [9.17, 15) is 5.11 Å². The van der Waals surface area contributed by atoms with Gasteiger partial charge in [0.15, 0.2) is 0 Å². The molecule has 0 amide bonds. The Hall–Kier alpha value is -0.200. The molecule has 5 nitrogen and oxygen atoms in total. The monoisotopic (exact) mass is 285 g/mol. The van der Waals surface area contributed by atoms with E-state index in [0.717, 1.165) is 52.1 Å². The lowest BCUT2D eigenvalue weighted by Gasteiger charge is -2.32. The fourth-order valence-electron chi connectivity index (χ4n) is 3.28. The highest BCUT2D eigenvalue weighted by Gasteiger charge is 2.29. The zero-order valence-corrected chi connectivity index (χ0v) is 12.9. The van der Waals surface area contributed by atoms with Crippen molar-refractivity contribution < 1.29 is 9.84 Å². The summed E-state index contributed by atoms with van der Waals surface area (Å²) in [6.07, 6.45) is 4.13. The highest BCUT2D eigenvalue weighted by molar-refractivity contribution is 4.86. The molecule has 0 radical (unpaired) electrons. The summed E-state index contributed by atoms with van der Waals surface area (Å²) in [4.78, 5) is 5.13. The van der Waals surface area contributed by atoms with E-state index in [2.05, 4.69) is 16.7 Å². The highest BCUT2D eigenvalue weighted by atomic mass is 16.5. The van der Waals surface area contributed by atoms with Crippen LogP contribution < -0.4 is 5.73 Å². The maximum Gasteiger partial charge on any atom is 0.0611 e. The van der Waals surface area contributed by atoms with Gasteiger partial charge in [0, 0.05) is 31.2 Å². The smallest absolute Gasteiger partial charge is 0.0611 e. The van der Waals surface area contributed by atoms with E-state index >= 15 is 0 Å². The largest absolute Gasteiger partial charge is 0.394 e. The highest BCUT2D eigenvalue weighted by Crippen LogP contribution is 2.19. The Morgan fingerprint density at radius 3 is 2.70 bits per heavy atom. The number of rotatable bonds is 7. The predicted molar refractivity (Wildman–Crippen MR) is 80.8 cm³/mol. The molecule has 0 spiro atoms. The van der Waals surface area contributed by atoms with Crippen LogP contribution in [0.25, 0.3) is 0 Å². The summed E-state index contributed by atoms with van der Waals surface area (Å²) in [5.74, 6) is 0. The second kappa shape index (κ2) is 7.71. The molecule has 2 atom stereocenters. The van der Waals surface area contributed by atoms with Gasteiger partial charge in [0.05, 0.1) is 19.8 Å². The number of hydrogen-bond donors (Lipinski definition) is 2. The lowest BCUT2D eigenvalue weighted by atomic mass is 9.92. The average molecular weight is 285 g/mol. The molecule has 2 fully saturated rings. The van der Waals surface area contributed by atoms with Crippen molar-refractivity contribution in [3.63, 3.8) is 0 Å². The molecular formula is C15H31N3O2. The molecule has 0 bridgehead atoms. The van der Waals surface area contributed by atoms with E-state index in [0.29, 0.717) is 6.04 Å². The Kier molecular flexibility index (Phi) is 6.23. The third-order valence-electron chi connectivity index (χ3n) is 4.98. The number of morpholine rings is 1. The zero-order valence-electron chi connectivity index (χ0n) is 12.9. The molecule has 0 aliphatic carbocycles. The minimum atomic E-state index is -0.372. The first-order valence-electron chi connectivity index (χ1n) is 8.11. The summed E-state index contributed by atoms with van der Waals surface area (Å²) in [6, 6.07) is 0.713. The van der Waals surface area contributed by atoms with E-state index in [-0.39, 0.29) is 12.1 Å². The normalized spacial score (nSPS) is 28.6. The molecule has 2 unspecified atom stereocenters. The molecule has 2 rings (SSSR count). The number of aliphatic hydroxyl groups is 1. The standard InChI is InChI=1S/C15H31N3O2/c1-2-15(16,13-19)5-3-6-17-7-4-14(12-17)18-8-10-20-11-9-18/h14,19H,2-13,16H2,1H3. The number of aliphatic hydroxyl groups excluding tert-OH is 1. The van der Waals surface area contributed by atoms with Crippen LogP contribution in [0.3, 0.4) is 0 Å². The lowest BCUT2D eigenvalue weighted by molar-refractivity contribution is 0.0184. The molecule has 0 aromatic heterocycles. The second-order valence-corrected chi connectivity index (χ2v) is 6.37. The first-order chi connectivity index (χ1) is 9.67. The molecule has 0 saturated carbocycles. The Morgan fingerprint density at radius 2 is 2.05 bits per heavy atom. The van der Waals surface area contributed by atoms with E-state index in [1.165, 1.54) is 19.5 Å². The van der Waals surface area contributed by atoms with Crippen molar-refractivity contribution in [3.05, 3.63) is 0 Å². The van der Waals surface area contributed by atoms with Crippen molar-refractivity contribution in [2.24, 2.45) is 5.73 Å². The van der Waals surface area contributed by atoms with Gasteiger partial charge in [0.25, 0.3) is 0 Å². The van der Waals surface area contributed by atoms with Gasteiger partial charge in [-0.3, -0.25) is 4.90 Å². The molecular weight excluding hydrogens is 254 g/mol. The van der Waals surface area contributed by atoms with Crippen molar-refractivity contribution in [3.8, 4) is 0 Å². The second-order valence-electron chi connectivity index (χ2n) is 6.37. The number of nitrogens with two attached hydrogens (primary N) is 1. The van der Waals surface area contributed by atoms with Crippen LogP contribution in [0, 0.1) is 0 Å². The molecule has 0 aromatic carbocycles. The number of nitrogens with zero attached hydrogens (tertiary/aromatic N) is 2. The maximum atomic E-state index is 9.33. The minimum absolute atomic E-state index is 0.0971. The molecule has 20 heavy (non-hydrogen) atoms. The van der Waals surface area contributed by atoms with Crippen molar-refractivity contribution >= 4 is 0 Å². The van der Waals surface area contributed by atoms with E-state index in [1.54, 1.807) is 0 Å². The molecule has 2 saturated heterocycles. The van der Waals surface area contributed by atoms with E-state index in [4.69, 9.17) is 10.5 Å². The van der Waals surface area contributed by atoms with Crippen molar-refractivity contribution in [2.45, 2.75) is 44.2 Å². The van der Waals surface area contributed by atoms with E-state index in [1.807, 2.05) is 0 Å². The van der Waals surface area contributed by atoms with Gasteiger partial charge in [-0.1, -0.05) is 6.92 Å². The molecule has 0 aromatic rings. The molecule has 2 aliphatic rings. The number of hydrogen-bond acceptors (Lipinski definition) is 5. The summed E-state index contributed by atoms with van der Waals surface area (Å²) >= 11 is 0. The van der Waals surface area contributed by atoms with Crippen molar-refractivity contribution in [2.75, 3.05) is 52.5 Å². The summed E-state index contributed by atoms with van der Waals surface area (Å²) in [6.45, 7) is 9.60. The molecule has 3 N–H and O–H groups in total. The SMILES string of the molecule is CCC(N)(CO)CCCN1CCC(N2CCOCC2)C1. The fourth-order valence-corrected chi connectivity index (χ4v) is 3.28. The first-order valence-corrected chi connectivity index (χ1v) is 8.11. The average Bonchev–Trinajstić information content (AvgIpc) is 2.97. The van der Waals surface area contributed by atoms with Crippen LogP contribution in [0.4, 0.5) is 0 Å². The third-order valence-corrected chi connectivity index (χ3v) is 4.98. The Labute approximate surface area is 123 Å². The fraction of sp³-hybridized carbons (Fsp3) is 1.00. The molecule has 2 aliphatic heterocycles. The summed E-state index contributed by atoms with van der Waals surface area (Å²) < 4.78 is 5.42. The topological polar surface area (TPSA) is 62.0 Å². The van der Waals surface area contributed by atoms with Crippen LogP contribution in [0.15, 0.2) is 0 Å². The first kappa shape index (κ1) is 16.2. The Morgan fingerprint density at radius 1 is 1.30 bits per heavy atom. The third kappa shape index (κ3) is 4.40. The summed E-state index contributed by atoms with van der Waals surface area (Å²) in [5, 5.41) is 9.33. The van der Waals surface area contributed by atoms with Gasteiger partial charge >= 0.3 is 0 Å². The Bertz CT molecular complexity index is 278. The summed E-state index contributed by atoms with van der Waals surface area (Å²) in [5.41, 5.74) is 5.76. The van der Waals surface area contributed by atoms with Crippen LogP contribution in [0.5, 0.6) is 0 Å². The van der Waals surface area contributed by atoms with E-state index < -0.39 is 0 Å². The van der Waals surface area contributed by atoms with Crippen molar-refractivity contribution in [1.82, 2.24) is 9.80 Å². The van der Waals surface area contributed by atoms with Crippen LogP contribution >= 0.6 is 0 Å². The van der Waals surface area contributed by atoms with Gasteiger partial charge in [0.1, 0.15) is 0 Å². The Balaban J connectivity index is 1.65. The van der Waals surface area contributed by atoms with Gasteiger partial charge in [-0.05, 0) is 38.8 Å². The molecule has 5 heteroatoms. The van der Waals surface area contributed by atoms with Crippen molar-refractivity contribution in [1.29, 1.82) is 0 Å². The van der Waals surface area contributed by atoms with Gasteiger partial charge < -0.3 is 20.5 Å². The van der Waals surface area contributed by atoms with Crippen LogP contribution in [0.2, 0.25) is 0 Å². The van der Waals surface area contributed by atoms with Gasteiger partial charge in [-0.15, -0.1) is 0 Å². The predicted octanol–water partition coefficient (Wildman–Crippen LogP) is 0.273.